The molecule has 168 valence electrons. The van der Waals surface area contributed by atoms with E-state index in [4.69, 9.17) is 0 Å². The van der Waals surface area contributed by atoms with Crippen LogP contribution < -0.4 is 15.0 Å². The highest BCUT2D eigenvalue weighted by Gasteiger charge is 2.23. The molecule has 0 atom stereocenters. The van der Waals surface area contributed by atoms with Crippen molar-refractivity contribution in [1.82, 2.24) is 10.3 Å². The molecule has 0 radical (unpaired) electrons. The fourth-order valence-corrected chi connectivity index (χ4v) is 5.51. The molecule has 1 aromatic heterocycles. The maximum atomic E-state index is 12.6. The topological polar surface area (TPSA) is 165 Å². The molecule has 1 heterocycles. The molecule has 3 N–H and O–H groups in total. The van der Waals surface area contributed by atoms with Gasteiger partial charge in [0, 0.05) is 11.6 Å². The van der Waals surface area contributed by atoms with Crippen LogP contribution in [0.15, 0.2) is 69.1 Å². The number of nitro benzene ring substituents is 1. The van der Waals surface area contributed by atoms with Gasteiger partial charge in [-0.1, -0.05) is 24.3 Å². The average Bonchev–Trinajstić information content (AvgIpc) is 3.28. The first-order chi connectivity index (χ1) is 15.0. The van der Waals surface area contributed by atoms with Gasteiger partial charge in [-0.25, -0.2) is 16.8 Å². The van der Waals surface area contributed by atoms with Gasteiger partial charge in [0.25, 0.3) is 31.6 Å². The van der Waals surface area contributed by atoms with E-state index < -0.39 is 41.5 Å². The number of rotatable bonds is 8. The molecule has 14 heteroatoms. The summed E-state index contributed by atoms with van der Waals surface area (Å²) in [6.07, 6.45) is 0. The van der Waals surface area contributed by atoms with Gasteiger partial charge in [0.1, 0.15) is 4.21 Å². The Morgan fingerprint density at radius 2 is 1.72 bits per heavy atom. The molecule has 0 saturated carbocycles. The third kappa shape index (κ3) is 5.11. The van der Waals surface area contributed by atoms with E-state index in [1.807, 2.05) is 10.3 Å². The van der Waals surface area contributed by atoms with Gasteiger partial charge in [-0.2, -0.15) is 0 Å². The molecule has 0 fully saturated rings. The molecule has 11 nitrogen and oxygen atoms in total. The molecule has 0 bridgehead atoms. The number of aryl methyl sites for hydroxylation is 1. The quantitative estimate of drug-likeness (QED) is 0.318. The maximum absolute atomic E-state index is 12.6. The number of carbonyl (C=O) groups excluding carboxylic acids is 1. The minimum Gasteiger partial charge on any atom is -0.278 e. The van der Waals surface area contributed by atoms with Crippen LogP contribution >= 0.6 is 11.3 Å². The van der Waals surface area contributed by atoms with E-state index in [1.54, 1.807) is 11.4 Å². The Labute approximate surface area is 187 Å². The second kappa shape index (κ2) is 9.04. The Balaban J connectivity index is 1.80. The summed E-state index contributed by atoms with van der Waals surface area (Å²) < 4.78 is 52.2. The van der Waals surface area contributed by atoms with Crippen LogP contribution in [0.1, 0.15) is 15.9 Å². The summed E-state index contributed by atoms with van der Waals surface area (Å²) in [5.41, 5.74) is 1.64. The van der Waals surface area contributed by atoms with Crippen molar-refractivity contribution >= 4 is 48.7 Å². The lowest BCUT2D eigenvalue weighted by Gasteiger charge is -2.13. The molecule has 1 amide bonds. The fourth-order valence-electron chi connectivity index (χ4n) is 2.57. The molecule has 2 aromatic carbocycles. The molecule has 0 aliphatic rings. The van der Waals surface area contributed by atoms with Crippen LogP contribution in [0, 0.1) is 17.0 Å². The minimum absolute atomic E-state index is 0.0365. The van der Waals surface area contributed by atoms with Crippen molar-refractivity contribution < 1.29 is 26.6 Å². The lowest BCUT2D eigenvalue weighted by Crippen LogP contribution is -2.41. The predicted octanol–water partition coefficient (Wildman–Crippen LogP) is 2.39. The molecular weight excluding hydrogens is 480 g/mol. The SMILES string of the molecule is Cc1ccc(S(=O)(=O)NNC(=O)c2ccccc2NS(=O)(=O)c2cccs2)cc1[N+](=O)[O-]. The van der Waals surface area contributed by atoms with Crippen LogP contribution in [0.5, 0.6) is 0 Å². The van der Waals surface area contributed by atoms with E-state index >= 15 is 0 Å². The Kier molecular flexibility index (Phi) is 6.59. The number of amides is 1. The van der Waals surface area contributed by atoms with Gasteiger partial charge in [0.15, 0.2) is 0 Å². The van der Waals surface area contributed by atoms with Crippen LogP contribution in [-0.2, 0) is 20.0 Å². The van der Waals surface area contributed by atoms with Gasteiger partial charge in [-0.3, -0.25) is 25.1 Å². The van der Waals surface area contributed by atoms with Gasteiger partial charge < -0.3 is 0 Å². The minimum atomic E-state index is -4.34. The number of hydrogen-bond acceptors (Lipinski definition) is 8. The Bertz CT molecular complexity index is 1390. The van der Waals surface area contributed by atoms with E-state index in [1.165, 1.54) is 43.3 Å². The number of thiophene rings is 1. The number of nitrogens with zero attached hydrogens (tertiary/aromatic N) is 1. The van der Waals surface area contributed by atoms with Crippen molar-refractivity contribution in [1.29, 1.82) is 0 Å². The van der Waals surface area contributed by atoms with E-state index in [2.05, 4.69) is 4.72 Å². The standard InChI is InChI=1S/C18H16N4O7S3/c1-12-8-9-13(11-16(12)22(24)25)31(26,27)21-19-18(23)14-5-2-3-6-15(14)20-32(28,29)17-7-4-10-30-17/h2-11,20-21H,1H3,(H,19,23). The van der Waals surface area contributed by atoms with Crippen molar-refractivity contribution in [2.24, 2.45) is 0 Å². The van der Waals surface area contributed by atoms with Crippen LogP contribution in [0.4, 0.5) is 11.4 Å². The van der Waals surface area contributed by atoms with Crippen LogP contribution in [0.3, 0.4) is 0 Å². The number of nitrogens with one attached hydrogen (secondary N) is 3. The first-order valence-electron chi connectivity index (χ1n) is 8.74. The summed E-state index contributed by atoms with van der Waals surface area (Å²) in [6.45, 7) is 1.46. The summed E-state index contributed by atoms with van der Waals surface area (Å²) in [6, 6.07) is 11.8. The lowest BCUT2D eigenvalue weighted by molar-refractivity contribution is -0.385. The van der Waals surface area contributed by atoms with Gasteiger partial charge >= 0.3 is 0 Å². The zero-order valence-corrected chi connectivity index (χ0v) is 18.8. The van der Waals surface area contributed by atoms with Gasteiger partial charge in [0.05, 0.1) is 21.1 Å². The second-order valence-electron chi connectivity index (χ2n) is 6.35. The molecule has 3 rings (SSSR count). The Morgan fingerprint density at radius 1 is 1.00 bits per heavy atom. The summed E-state index contributed by atoms with van der Waals surface area (Å²) >= 11 is 0.988. The fraction of sp³-hybridized carbons (Fsp3) is 0.0556. The predicted molar refractivity (Wildman–Crippen MR) is 117 cm³/mol. The zero-order chi connectivity index (χ0) is 23.5. The maximum Gasteiger partial charge on any atom is 0.273 e. The first kappa shape index (κ1) is 23.3. The molecular formula is C18H16N4O7S3. The average molecular weight is 497 g/mol. The summed E-state index contributed by atoms with van der Waals surface area (Å²) in [4.78, 5) is 24.3. The molecule has 0 unspecified atom stereocenters. The van der Waals surface area contributed by atoms with E-state index in [0.717, 1.165) is 23.5 Å². The van der Waals surface area contributed by atoms with E-state index in [0.29, 0.717) is 0 Å². The van der Waals surface area contributed by atoms with E-state index in [-0.39, 0.29) is 21.0 Å². The van der Waals surface area contributed by atoms with Gasteiger partial charge in [-0.15, -0.1) is 16.2 Å². The highest BCUT2D eigenvalue weighted by atomic mass is 32.2. The number of nitro groups is 1. The molecule has 32 heavy (non-hydrogen) atoms. The summed E-state index contributed by atoms with van der Waals surface area (Å²) in [5, 5.41) is 12.6. The summed E-state index contributed by atoms with van der Waals surface area (Å²) in [7, 11) is -8.29. The van der Waals surface area contributed by atoms with Crippen molar-refractivity contribution in [3.05, 3.63) is 81.2 Å². The highest BCUT2D eigenvalue weighted by Crippen LogP contribution is 2.24. The largest absolute Gasteiger partial charge is 0.278 e. The number of hydrazine groups is 1. The Hall–Kier alpha value is -3.33. The Morgan fingerprint density at radius 3 is 2.38 bits per heavy atom. The number of para-hydroxylation sites is 1. The van der Waals surface area contributed by atoms with Crippen molar-refractivity contribution in [2.45, 2.75) is 16.0 Å². The van der Waals surface area contributed by atoms with Crippen molar-refractivity contribution in [2.75, 3.05) is 4.72 Å². The highest BCUT2D eigenvalue weighted by molar-refractivity contribution is 7.94. The van der Waals surface area contributed by atoms with Crippen molar-refractivity contribution in [3.63, 3.8) is 0 Å². The molecule has 0 saturated heterocycles. The monoisotopic (exact) mass is 496 g/mol. The van der Waals surface area contributed by atoms with Crippen molar-refractivity contribution in [3.8, 4) is 0 Å². The number of sulfonamides is 2. The lowest BCUT2D eigenvalue weighted by atomic mass is 10.2. The number of anilines is 1. The smallest absolute Gasteiger partial charge is 0.273 e. The van der Waals surface area contributed by atoms with Gasteiger partial charge in [-0.05, 0) is 36.6 Å². The first-order valence-corrected chi connectivity index (χ1v) is 12.6. The molecule has 0 spiro atoms. The molecule has 0 aliphatic heterocycles. The second-order valence-corrected chi connectivity index (χ2v) is 10.9. The summed E-state index contributed by atoms with van der Waals surface area (Å²) in [5.74, 6) is -0.945. The van der Waals surface area contributed by atoms with Crippen LogP contribution in [0.2, 0.25) is 0 Å². The third-order valence-electron chi connectivity index (χ3n) is 4.16. The third-order valence-corrected chi connectivity index (χ3v) is 8.17. The number of carbonyl (C=O) groups is 1. The van der Waals surface area contributed by atoms with Crippen LogP contribution in [0.25, 0.3) is 0 Å². The molecule has 0 aliphatic carbocycles. The molecule has 3 aromatic rings. The normalized spacial score (nSPS) is 11.7. The zero-order valence-electron chi connectivity index (χ0n) is 16.3. The number of hydrogen-bond donors (Lipinski definition) is 3. The van der Waals surface area contributed by atoms with E-state index in [9.17, 15) is 31.7 Å². The number of benzene rings is 2. The van der Waals surface area contributed by atoms with Gasteiger partial charge in [0.2, 0.25) is 0 Å². The van der Waals surface area contributed by atoms with Crippen LogP contribution in [-0.4, -0.2) is 27.7 Å².